The molecule has 3 rings (SSSR count). The zero-order valence-corrected chi connectivity index (χ0v) is 16.1. The molecule has 0 radical (unpaired) electrons. The Kier molecular flexibility index (Phi) is 5.60. The van der Waals surface area contributed by atoms with Crippen LogP contribution in [0.25, 0.3) is 10.9 Å². The fraction of sp³-hybridized carbons (Fsp3) is 0.273. The van der Waals surface area contributed by atoms with E-state index >= 15 is 0 Å². The van der Waals surface area contributed by atoms with Crippen LogP contribution in [-0.2, 0) is 6.54 Å². The number of fused-ring (bicyclic) bond motifs is 1. The van der Waals surface area contributed by atoms with Gasteiger partial charge in [-0.3, -0.25) is 9.78 Å². The summed E-state index contributed by atoms with van der Waals surface area (Å²) in [6.45, 7) is 6.26. The largest absolute Gasteiger partial charge is 0.497 e. The van der Waals surface area contributed by atoms with E-state index in [2.05, 4.69) is 10.3 Å². The molecular formula is C22H24N2O3. The first-order chi connectivity index (χ1) is 13.0. The van der Waals surface area contributed by atoms with Crippen LogP contribution in [0.3, 0.4) is 0 Å². The van der Waals surface area contributed by atoms with Crippen molar-refractivity contribution in [2.45, 2.75) is 33.4 Å². The van der Waals surface area contributed by atoms with E-state index in [-0.39, 0.29) is 12.0 Å². The molecule has 1 heterocycles. The van der Waals surface area contributed by atoms with Crippen LogP contribution < -0.4 is 14.8 Å². The first-order valence-electron chi connectivity index (χ1n) is 8.95. The van der Waals surface area contributed by atoms with Gasteiger partial charge in [-0.1, -0.05) is 12.1 Å². The smallest absolute Gasteiger partial charge is 0.253 e. The number of aromatic nitrogens is 1. The molecule has 0 atom stereocenters. The molecule has 0 aliphatic carbocycles. The number of nitrogens with one attached hydrogen (secondary N) is 1. The zero-order chi connectivity index (χ0) is 19.4. The van der Waals surface area contributed by atoms with Crippen molar-refractivity contribution < 1.29 is 14.3 Å². The predicted molar refractivity (Wildman–Crippen MR) is 106 cm³/mol. The molecular weight excluding hydrogens is 340 g/mol. The third-order valence-electron chi connectivity index (χ3n) is 4.21. The average Bonchev–Trinajstić information content (AvgIpc) is 2.66. The Balaban J connectivity index is 1.72. The molecule has 3 aromatic rings. The van der Waals surface area contributed by atoms with Gasteiger partial charge in [-0.15, -0.1) is 0 Å². The van der Waals surface area contributed by atoms with Crippen LogP contribution in [0.5, 0.6) is 11.5 Å². The van der Waals surface area contributed by atoms with Gasteiger partial charge in [0.2, 0.25) is 0 Å². The van der Waals surface area contributed by atoms with E-state index in [1.54, 1.807) is 7.11 Å². The second-order valence-electron chi connectivity index (χ2n) is 6.67. The Morgan fingerprint density at radius 3 is 2.44 bits per heavy atom. The summed E-state index contributed by atoms with van der Waals surface area (Å²) < 4.78 is 10.9. The molecule has 0 unspecified atom stereocenters. The highest BCUT2D eigenvalue weighted by Crippen LogP contribution is 2.22. The number of methoxy groups -OCH3 is 1. The number of carbonyl (C=O) groups is 1. The van der Waals surface area contributed by atoms with E-state index in [9.17, 15) is 4.79 Å². The standard InChI is InChI=1S/C22H24N2O3/c1-14(2)27-18-7-5-16(6-8-18)13-23-22(25)20-12-17-11-19(26-4)9-10-21(17)24-15(20)3/h5-12,14H,13H2,1-4H3,(H,23,25). The predicted octanol–water partition coefficient (Wildman–Crippen LogP) is 4.27. The lowest BCUT2D eigenvalue weighted by Crippen LogP contribution is -2.24. The van der Waals surface area contributed by atoms with Crippen LogP contribution in [0.2, 0.25) is 0 Å². The first-order valence-corrected chi connectivity index (χ1v) is 8.95. The number of hydrogen-bond acceptors (Lipinski definition) is 4. The topological polar surface area (TPSA) is 60.5 Å². The molecule has 1 aromatic heterocycles. The number of benzene rings is 2. The first kappa shape index (κ1) is 18.7. The number of rotatable bonds is 6. The van der Waals surface area contributed by atoms with Crippen molar-refractivity contribution in [3.8, 4) is 11.5 Å². The number of hydrogen-bond donors (Lipinski definition) is 1. The van der Waals surface area contributed by atoms with Crippen molar-refractivity contribution >= 4 is 16.8 Å². The number of carbonyl (C=O) groups excluding carboxylic acids is 1. The maximum absolute atomic E-state index is 12.6. The molecule has 1 N–H and O–H groups in total. The second kappa shape index (κ2) is 8.08. The molecule has 0 aliphatic rings. The molecule has 0 aliphatic heterocycles. The summed E-state index contributed by atoms with van der Waals surface area (Å²) in [5, 5.41) is 3.83. The van der Waals surface area contributed by atoms with Crippen LogP contribution in [0.15, 0.2) is 48.5 Å². The van der Waals surface area contributed by atoms with Crippen molar-refractivity contribution in [3.05, 3.63) is 65.4 Å². The van der Waals surface area contributed by atoms with Crippen molar-refractivity contribution in [1.82, 2.24) is 10.3 Å². The molecule has 5 heteroatoms. The Morgan fingerprint density at radius 2 is 1.78 bits per heavy atom. The highest BCUT2D eigenvalue weighted by atomic mass is 16.5. The summed E-state index contributed by atoms with van der Waals surface area (Å²) in [5.74, 6) is 1.42. The summed E-state index contributed by atoms with van der Waals surface area (Å²) in [5.41, 5.74) is 3.11. The van der Waals surface area contributed by atoms with Crippen LogP contribution in [-0.4, -0.2) is 24.1 Å². The summed E-state index contributed by atoms with van der Waals surface area (Å²) >= 11 is 0. The number of nitrogens with zero attached hydrogens (tertiary/aromatic N) is 1. The third kappa shape index (κ3) is 4.56. The minimum absolute atomic E-state index is 0.137. The fourth-order valence-corrected chi connectivity index (χ4v) is 2.84. The molecule has 0 saturated heterocycles. The van der Waals surface area contributed by atoms with Gasteiger partial charge in [-0.05, 0) is 62.7 Å². The quantitative estimate of drug-likeness (QED) is 0.710. The Hall–Kier alpha value is -3.08. The van der Waals surface area contributed by atoms with Gasteiger partial charge in [0.1, 0.15) is 11.5 Å². The second-order valence-corrected chi connectivity index (χ2v) is 6.67. The van der Waals surface area contributed by atoms with E-state index < -0.39 is 0 Å². The molecule has 5 nitrogen and oxygen atoms in total. The van der Waals surface area contributed by atoms with Gasteiger partial charge in [0.15, 0.2) is 0 Å². The van der Waals surface area contributed by atoms with Gasteiger partial charge in [0.25, 0.3) is 5.91 Å². The zero-order valence-electron chi connectivity index (χ0n) is 16.1. The lowest BCUT2D eigenvalue weighted by Gasteiger charge is -2.11. The summed E-state index contributed by atoms with van der Waals surface area (Å²) in [6.07, 6.45) is 0.137. The Morgan fingerprint density at radius 1 is 1.07 bits per heavy atom. The highest BCUT2D eigenvalue weighted by Gasteiger charge is 2.12. The van der Waals surface area contributed by atoms with Gasteiger partial charge in [0.05, 0.1) is 30.0 Å². The van der Waals surface area contributed by atoms with Crippen LogP contribution >= 0.6 is 0 Å². The Labute approximate surface area is 159 Å². The lowest BCUT2D eigenvalue weighted by molar-refractivity contribution is 0.0950. The lowest BCUT2D eigenvalue weighted by atomic mass is 10.1. The van der Waals surface area contributed by atoms with E-state index in [0.717, 1.165) is 28.0 Å². The minimum atomic E-state index is -0.146. The van der Waals surface area contributed by atoms with E-state index in [0.29, 0.717) is 17.8 Å². The number of ether oxygens (including phenoxy) is 2. The molecule has 0 saturated carbocycles. The normalized spacial score (nSPS) is 10.9. The van der Waals surface area contributed by atoms with Crippen LogP contribution in [0.4, 0.5) is 0 Å². The fourth-order valence-electron chi connectivity index (χ4n) is 2.84. The number of pyridine rings is 1. The van der Waals surface area contributed by atoms with Crippen molar-refractivity contribution in [2.24, 2.45) is 0 Å². The molecule has 1 amide bonds. The third-order valence-corrected chi connectivity index (χ3v) is 4.21. The van der Waals surface area contributed by atoms with Gasteiger partial charge in [-0.2, -0.15) is 0 Å². The Bertz CT molecular complexity index is 950. The van der Waals surface area contributed by atoms with Crippen LogP contribution in [0.1, 0.15) is 35.5 Å². The minimum Gasteiger partial charge on any atom is -0.497 e. The van der Waals surface area contributed by atoms with Crippen molar-refractivity contribution in [1.29, 1.82) is 0 Å². The van der Waals surface area contributed by atoms with E-state index in [4.69, 9.17) is 9.47 Å². The monoisotopic (exact) mass is 364 g/mol. The molecule has 0 fully saturated rings. The average molecular weight is 364 g/mol. The maximum Gasteiger partial charge on any atom is 0.253 e. The summed E-state index contributed by atoms with van der Waals surface area (Å²) in [6, 6.07) is 15.2. The molecule has 27 heavy (non-hydrogen) atoms. The molecule has 140 valence electrons. The van der Waals surface area contributed by atoms with Crippen LogP contribution in [0, 0.1) is 6.92 Å². The molecule has 0 spiro atoms. The van der Waals surface area contributed by atoms with Gasteiger partial charge < -0.3 is 14.8 Å². The number of amides is 1. The maximum atomic E-state index is 12.6. The molecule has 2 aromatic carbocycles. The van der Waals surface area contributed by atoms with Crippen molar-refractivity contribution in [2.75, 3.05) is 7.11 Å². The highest BCUT2D eigenvalue weighted by molar-refractivity contribution is 5.98. The van der Waals surface area contributed by atoms with Gasteiger partial charge >= 0.3 is 0 Å². The molecule has 0 bridgehead atoms. The number of aryl methyl sites for hydroxylation is 1. The summed E-state index contributed by atoms with van der Waals surface area (Å²) in [7, 11) is 1.62. The SMILES string of the molecule is COc1ccc2nc(C)c(C(=O)NCc3ccc(OC(C)C)cc3)cc2c1. The van der Waals surface area contributed by atoms with E-state index in [1.165, 1.54) is 0 Å². The van der Waals surface area contributed by atoms with Gasteiger partial charge in [0, 0.05) is 11.9 Å². The summed E-state index contributed by atoms with van der Waals surface area (Å²) in [4.78, 5) is 17.2. The van der Waals surface area contributed by atoms with E-state index in [1.807, 2.05) is 69.3 Å². The van der Waals surface area contributed by atoms with Gasteiger partial charge in [-0.25, -0.2) is 0 Å². The van der Waals surface area contributed by atoms with Crippen molar-refractivity contribution in [3.63, 3.8) is 0 Å².